The number of para-hydroxylation sites is 2. The molecule has 1 atom stereocenters. The molecule has 30 heavy (non-hydrogen) atoms. The van der Waals surface area contributed by atoms with Gasteiger partial charge in [-0.3, -0.25) is 9.59 Å². The largest absolute Gasteiger partial charge is 0.342 e. The van der Waals surface area contributed by atoms with Gasteiger partial charge in [0.2, 0.25) is 11.8 Å². The minimum absolute atomic E-state index is 0.00457. The lowest BCUT2D eigenvalue weighted by molar-refractivity contribution is -0.136. The highest BCUT2D eigenvalue weighted by Crippen LogP contribution is 2.35. The second kappa shape index (κ2) is 7.80. The molecule has 3 aromatic rings. The number of hydrogen-bond donors (Lipinski definition) is 0. The fourth-order valence-electron chi connectivity index (χ4n) is 4.45. The van der Waals surface area contributed by atoms with Crippen LogP contribution in [0.3, 0.4) is 0 Å². The Morgan fingerprint density at radius 2 is 1.80 bits per heavy atom. The first-order chi connectivity index (χ1) is 14.6. The number of hydrogen-bond acceptors (Lipinski definition) is 4. The SMILES string of the molecule is O=C([C@H]1CC(=O)N(c2ccccc2F)C1)N1CCC(c2nc3ccccc3s2)CC1. The van der Waals surface area contributed by atoms with Crippen LogP contribution in [0.25, 0.3) is 10.2 Å². The van der Waals surface area contributed by atoms with Crippen molar-refractivity contribution < 1.29 is 14.0 Å². The molecule has 2 aromatic carbocycles. The molecule has 3 heterocycles. The van der Waals surface area contributed by atoms with Gasteiger partial charge < -0.3 is 9.80 Å². The minimum atomic E-state index is -0.435. The molecule has 2 saturated heterocycles. The van der Waals surface area contributed by atoms with Crippen LogP contribution in [0.4, 0.5) is 10.1 Å². The molecule has 0 aliphatic carbocycles. The number of nitrogens with zero attached hydrogens (tertiary/aromatic N) is 3. The Kier molecular flexibility index (Phi) is 4.98. The summed E-state index contributed by atoms with van der Waals surface area (Å²) in [5.41, 5.74) is 1.29. The highest BCUT2D eigenvalue weighted by Gasteiger charge is 2.39. The van der Waals surface area contributed by atoms with Crippen LogP contribution in [0.1, 0.15) is 30.2 Å². The van der Waals surface area contributed by atoms with Crippen molar-refractivity contribution in [2.24, 2.45) is 5.92 Å². The molecule has 0 unspecified atom stereocenters. The standard InChI is InChI=1S/C23H22FN3O2S/c24-17-5-1-3-7-19(17)27-14-16(13-21(27)28)23(29)26-11-9-15(10-12-26)22-25-18-6-2-4-8-20(18)30-22/h1-8,15-16H,9-14H2/t16-/m0/s1. The van der Waals surface area contributed by atoms with Crippen LogP contribution in [-0.2, 0) is 9.59 Å². The van der Waals surface area contributed by atoms with E-state index in [9.17, 15) is 14.0 Å². The van der Waals surface area contributed by atoms with E-state index < -0.39 is 11.7 Å². The van der Waals surface area contributed by atoms with Gasteiger partial charge in [-0.2, -0.15) is 0 Å². The van der Waals surface area contributed by atoms with Crippen LogP contribution >= 0.6 is 11.3 Å². The number of rotatable bonds is 3. The van der Waals surface area contributed by atoms with Gasteiger partial charge in [0, 0.05) is 32.0 Å². The van der Waals surface area contributed by atoms with Gasteiger partial charge in [0.1, 0.15) is 5.82 Å². The highest BCUT2D eigenvalue weighted by molar-refractivity contribution is 7.18. The maximum atomic E-state index is 14.1. The zero-order valence-corrected chi connectivity index (χ0v) is 17.3. The number of benzene rings is 2. The molecule has 2 aliphatic rings. The number of amides is 2. The molecule has 5 nitrogen and oxygen atoms in total. The number of likely N-dealkylation sites (tertiary alicyclic amines) is 1. The van der Waals surface area contributed by atoms with Crippen molar-refractivity contribution in [1.29, 1.82) is 0 Å². The summed E-state index contributed by atoms with van der Waals surface area (Å²) in [5.74, 6) is -0.661. The summed E-state index contributed by atoms with van der Waals surface area (Å²) in [5, 5.41) is 1.14. The molecule has 2 fully saturated rings. The Morgan fingerprint density at radius 3 is 2.57 bits per heavy atom. The van der Waals surface area contributed by atoms with Gasteiger partial charge in [-0.1, -0.05) is 24.3 Å². The summed E-state index contributed by atoms with van der Waals surface area (Å²) < 4.78 is 15.3. The zero-order chi connectivity index (χ0) is 20.7. The Labute approximate surface area is 178 Å². The average Bonchev–Trinajstić information content (AvgIpc) is 3.37. The number of anilines is 1. The predicted molar refractivity (Wildman–Crippen MR) is 115 cm³/mol. The van der Waals surface area contributed by atoms with E-state index in [1.54, 1.807) is 29.5 Å². The van der Waals surface area contributed by atoms with Crippen LogP contribution in [0.15, 0.2) is 48.5 Å². The Morgan fingerprint density at radius 1 is 1.07 bits per heavy atom. The molecule has 0 saturated carbocycles. The summed E-state index contributed by atoms with van der Waals surface area (Å²) in [6.07, 6.45) is 1.90. The molecule has 0 spiro atoms. The smallest absolute Gasteiger partial charge is 0.228 e. The molecule has 0 bridgehead atoms. The molecule has 154 valence electrons. The maximum absolute atomic E-state index is 14.1. The lowest BCUT2D eigenvalue weighted by atomic mass is 9.96. The number of carbonyl (C=O) groups is 2. The van der Waals surface area contributed by atoms with E-state index >= 15 is 0 Å². The number of halogens is 1. The van der Waals surface area contributed by atoms with Crippen molar-refractivity contribution >= 4 is 39.1 Å². The van der Waals surface area contributed by atoms with Crippen molar-refractivity contribution in [2.75, 3.05) is 24.5 Å². The second-order valence-electron chi connectivity index (χ2n) is 7.98. The van der Waals surface area contributed by atoms with Gasteiger partial charge in [0.25, 0.3) is 0 Å². The fourth-order valence-corrected chi connectivity index (χ4v) is 5.58. The summed E-state index contributed by atoms with van der Waals surface area (Å²) in [4.78, 5) is 33.5. The molecule has 2 amide bonds. The van der Waals surface area contributed by atoms with Crippen molar-refractivity contribution in [2.45, 2.75) is 25.2 Å². The molecular weight excluding hydrogens is 401 g/mol. The lowest BCUT2D eigenvalue weighted by Gasteiger charge is -2.32. The summed E-state index contributed by atoms with van der Waals surface area (Å²) in [6, 6.07) is 14.4. The number of carbonyl (C=O) groups excluding carboxylic acids is 2. The predicted octanol–water partition coefficient (Wildman–Crippen LogP) is 4.19. The molecule has 1 aromatic heterocycles. The van der Waals surface area contributed by atoms with Crippen LogP contribution in [-0.4, -0.2) is 41.3 Å². The van der Waals surface area contributed by atoms with Crippen LogP contribution < -0.4 is 4.90 Å². The topological polar surface area (TPSA) is 53.5 Å². The fraction of sp³-hybridized carbons (Fsp3) is 0.348. The van der Waals surface area contributed by atoms with Crippen LogP contribution in [0.2, 0.25) is 0 Å². The van der Waals surface area contributed by atoms with Gasteiger partial charge in [-0.15, -0.1) is 11.3 Å². The summed E-state index contributed by atoms with van der Waals surface area (Å²) in [7, 11) is 0. The van der Waals surface area contributed by atoms with Gasteiger partial charge >= 0.3 is 0 Å². The van der Waals surface area contributed by atoms with Gasteiger partial charge in [-0.05, 0) is 37.1 Å². The van der Waals surface area contributed by atoms with E-state index in [0.717, 1.165) is 23.4 Å². The van der Waals surface area contributed by atoms with E-state index in [1.165, 1.54) is 15.7 Å². The average molecular weight is 424 g/mol. The Balaban J connectivity index is 1.23. The van der Waals surface area contributed by atoms with Gasteiger partial charge in [0.15, 0.2) is 0 Å². The number of aromatic nitrogens is 1. The quantitative estimate of drug-likeness (QED) is 0.635. The van der Waals surface area contributed by atoms with Crippen molar-refractivity contribution in [3.8, 4) is 0 Å². The van der Waals surface area contributed by atoms with E-state index in [-0.39, 0.29) is 30.5 Å². The number of piperidine rings is 1. The Bertz CT molecular complexity index is 1070. The highest BCUT2D eigenvalue weighted by atomic mass is 32.1. The second-order valence-corrected chi connectivity index (χ2v) is 9.04. The molecule has 0 radical (unpaired) electrons. The van der Waals surface area contributed by atoms with E-state index in [1.807, 2.05) is 23.1 Å². The first kappa shape index (κ1) is 19.2. The molecule has 2 aliphatic heterocycles. The third-order valence-electron chi connectivity index (χ3n) is 6.08. The summed E-state index contributed by atoms with van der Waals surface area (Å²) in [6.45, 7) is 1.59. The number of fused-ring (bicyclic) bond motifs is 1. The molecule has 7 heteroatoms. The summed E-state index contributed by atoms with van der Waals surface area (Å²) >= 11 is 1.74. The third-order valence-corrected chi connectivity index (χ3v) is 7.28. The van der Waals surface area contributed by atoms with Crippen LogP contribution in [0.5, 0.6) is 0 Å². The zero-order valence-electron chi connectivity index (χ0n) is 16.5. The Hall–Kier alpha value is -2.80. The maximum Gasteiger partial charge on any atom is 0.228 e. The first-order valence-corrected chi connectivity index (χ1v) is 11.1. The normalized spacial score (nSPS) is 20.3. The van der Waals surface area contributed by atoms with E-state index in [2.05, 4.69) is 6.07 Å². The molecule has 0 N–H and O–H groups in total. The minimum Gasteiger partial charge on any atom is -0.342 e. The third kappa shape index (κ3) is 3.47. The van der Waals surface area contributed by atoms with Gasteiger partial charge in [0.05, 0.1) is 26.8 Å². The lowest BCUT2D eigenvalue weighted by Crippen LogP contribution is -2.42. The van der Waals surface area contributed by atoms with Crippen molar-refractivity contribution in [3.63, 3.8) is 0 Å². The molecule has 5 rings (SSSR count). The van der Waals surface area contributed by atoms with E-state index in [4.69, 9.17) is 4.98 Å². The first-order valence-electron chi connectivity index (χ1n) is 10.3. The van der Waals surface area contributed by atoms with Gasteiger partial charge in [-0.25, -0.2) is 9.37 Å². The molecular formula is C23H22FN3O2S. The number of thiazole rings is 1. The van der Waals surface area contributed by atoms with Crippen molar-refractivity contribution in [1.82, 2.24) is 9.88 Å². The van der Waals surface area contributed by atoms with Crippen molar-refractivity contribution in [3.05, 3.63) is 59.4 Å². The van der Waals surface area contributed by atoms with E-state index in [0.29, 0.717) is 19.0 Å². The van der Waals surface area contributed by atoms with Crippen LogP contribution in [0, 0.1) is 11.7 Å². The monoisotopic (exact) mass is 423 g/mol.